The molecule has 0 N–H and O–H groups in total. The molecule has 0 aromatic heterocycles. The van der Waals surface area contributed by atoms with E-state index in [0.29, 0.717) is 0 Å². The number of ether oxygens (including phenoxy) is 1. The molecule has 0 aliphatic carbocycles. The largest absolute Gasteiger partial charge is 0.459 e. The topological polar surface area (TPSA) is 60.4 Å². The first-order chi connectivity index (χ1) is 8.51. The van der Waals surface area contributed by atoms with E-state index in [4.69, 9.17) is 4.74 Å². The van der Waals surface area contributed by atoms with E-state index in [0.717, 1.165) is 18.2 Å². The highest BCUT2D eigenvalue weighted by atomic mass is 79.9. The lowest BCUT2D eigenvalue weighted by atomic mass is 10.2. The van der Waals surface area contributed by atoms with Gasteiger partial charge in [-0.2, -0.15) is 0 Å². The van der Waals surface area contributed by atoms with Gasteiger partial charge in [0.05, 0.1) is 9.37 Å². The van der Waals surface area contributed by atoms with Gasteiger partial charge in [0, 0.05) is 0 Å². The molecule has 0 aliphatic heterocycles. The number of carbonyl (C=O) groups is 1. The van der Waals surface area contributed by atoms with Crippen LogP contribution in [0.2, 0.25) is 0 Å². The zero-order valence-electron chi connectivity index (χ0n) is 10.7. The molecule has 1 aromatic carbocycles. The summed E-state index contributed by atoms with van der Waals surface area (Å²) in [7, 11) is -3.84. The van der Waals surface area contributed by atoms with Gasteiger partial charge in [-0.25, -0.2) is 12.8 Å². The van der Waals surface area contributed by atoms with E-state index in [1.54, 1.807) is 20.8 Å². The lowest BCUT2D eigenvalue weighted by Crippen LogP contribution is -2.28. The second kappa shape index (κ2) is 5.58. The molecule has 0 saturated heterocycles. The van der Waals surface area contributed by atoms with Crippen LogP contribution < -0.4 is 0 Å². The molecule has 1 aromatic rings. The van der Waals surface area contributed by atoms with E-state index in [1.165, 1.54) is 0 Å². The third kappa shape index (κ3) is 4.91. The zero-order valence-corrected chi connectivity index (χ0v) is 13.1. The number of carbonyl (C=O) groups excluding carboxylic acids is 1. The summed E-state index contributed by atoms with van der Waals surface area (Å²) in [6.07, 6.45) is 0. The highest BCUT2D eigenvalue weighted by Crippen LogP contribution is 2.21. The van der Waals surface area contributed by atoms with Crippen molar-refractivity contribution in [3.05, 3.63) is 28.5 Å². The minimum atomic E-state index is -3.84. The molecule has 0 aliphatic rings. The molecule has 0 spiro atoms. The Kier molecular flexibility index (Phi) is 4.73. The summed E-state index contributed by atoms with van der Waals surface area (Å²) in [5.74, 6) is -2.19. The maximum Gasteiger partial charge on any atom is 0.322 e. The number of halogens is 2. The van der Waals surface area contributed by atoms with Crippen LogP contribution in [0.25, 0.3) is 0 Å². The maximum absolute atomic E-state index is 13.0. The van der Waals surface area contributed by atoms with Gasteiger partial charge in [0.2, 0.25) is 0 Å². The van der Waals surface area contributed by atoms with Crippen LogP contribution in [0.1, 0.15) is 20.8 Å². The van der Waals surface area contributed by atoms with Gasteiger partial charge < -0.3 is 4.74 Å². The average molecular weight is 353 g/mol. The predicted molar refractivity (Wildman–Crippen MR) is 72.0 cm³/mol. The fraction of sp³-hybridized carbons (Fsp3) is 0.417. The normalized spacial score (nSPS) is 12.3. The molecule has 4 nitrogen and oxygen atoms in total. The molecular weight excluding hydrogens is 339 g/mol. The number of hydrogen-bond acceptors (Lipinski definition) is 4. The summed E-state index contributed by atoms with van der Waals surface area (Å²) in [5, 5.41) is 0. The Morgan fingerprint density at radius 1 is 1.37 bits per heavy atom. The Labute approximate surface area is 120 Å². The van der Waals surface area contributed by atoms with Crippen LogP contribution in [0.15, 0.2) is 27.6 Å². The summed E-state index contributed by atoms with van der Waals surface area (Å²) in [4.78, 5) is 11.4. The number of sulfone groups is 1. The summed E-state index contributed by atoms with van der Waals surface area (Å²) in [6, 6.07) is 3.25. The predicted octanol–water partition coefficient (Wildman–Crippen LogP) is 2.70. The van der Waals surface area contributed by atoms with Crippen molar-refractivity contribution in [2.75, 3.05) is 5.75 Å². The van der Waals surface area contributed by atoms with Crippen molar-refractivity contribution >= 4 is 31.7 Å². The van der Waals surface area contributed by atoms with E-state index in [9.17, 15) is 17.6 Å². The van der Waals surface area contributed by atoms with Crippen LogP contribution in [0, 0.1) is 5.82 Å². The molecule has 19 heavy (non-hydrogen) atoms. The van der Waals surface area contributed by atoms with Crippen molar-refractivity contribution in [2.24, 2.45) is 0 Å². The molecule has 0 saturated carbocycles. The van der Waals surface area contributed by atoms with Crippen LogP contribution in [0.4, 0.5) is 4.39 Å². The molecule has 0 heterocycles. The minimum Gasteiger partial charge on any atom is -0.459 e. The standard InChI is InChI=1S/C12H14BrFO4S/c1-12(2,3)18-11(15)7-19(16,17)8-4-5-10(14)9(13)6-8/h4-6H,7H2,1-3H3. The molecule has 106 valence electrons. The minimum absolute atomic E-state index is 0.0257. The van der Waals surface area contributed by atoms with Crippen LogP contribution >= 0.6 is 15.9 Å². The van der Waals surface area contributed by atoms with Crippen molar-refractivity contribution in [2.45, 2.75) is 31.3 Å². The second-order valence-corrected chi connectivity index (χ2v) is 7.77. The molecule has 0 fully saturated rings. The Hall–Kier alpha value is -0.950. The van der Waals surface area contributed by atoms with Crippen LogP contribution in [0.5, 0.6) is 0 Å². The first-order valence-corrected chi connectivity index (χ1v) is 7.85. The van der Waals surface area contributed by atoms with E-state index >= 15 is 0 Å². The highest BCUT2D eigenvalue weighted by molar-refractivity contribution is 9.10. The van der Waals surface area contributed by atoms with E-state index in [2.05, 4.69) is 15.9 Å². The number of hydrogen-bond donors (Lipinski definition) is 0. The third-order valence-corrected chi connectivity index (χ3v) is 4.17. The van der Waals surface area contributed by atoms with Gasteiger partial charge in [-0.15, -0.1) is 0 Å². The average Bonchev–Trinajstić information content (AvgIpc) is 2.17. The zero-order chi connectivity index (χ0) is 14.8. The fourth-order valence-corrected chi connectivity index (χ4v) is 2.92. The molecule has 0 radical (unpaired) electrons. The molecular formula is C12H14BrFO4S. The number of benzene rings is 1. The summed E-state index contributed by atoms with van der Waals surface area (Å²) in [5.41, 5.74) is -0.754. The smallest absolute Gasteiger partial charge is 0.322 e. The summed E-state index contributed by atoms with van der Waals surface area (Å²) >= 11 is 2.90. The molecule has 7 heteroatoms. The molecule has 0 bridgehead atoms. The van der Waals surface area contributed by atoms with Gasteiger partial charge >= 0.3 is 5.97 Å². The van der Waals surface area contributed by atoms with Gasteiger partial charge in [0.15, 0.2) is 15.6 Å². The maximum atomic E-state index is 13.0. The van der Waals surface area contributed by atoms with Crippen LogP contribution in [-0.2, 0) is 19.4 Å². The van der Waals surface area contributed by atoms with Crippen molar-refractivity contribution in [3.63, 3.8) is 0 Å². The highest BCUT2D eigenvalue weighted by Gasteiger charge is 2.24. The molecule has 0 unspecified atom stereocenters. The van der Waals surface area contributed by atoms with E-state index in [-0.39, 0.29) is 9.37 Å². The Morgan fingerprint density at radius 2 is 1.95 bits per heavy atom. The quantitative estimate of drug-likeness (QED) is 0.619. The number of rotatable bonds is 3. The third-order valence-electron chi connectivity index (χ3n) is 1.98. The van der Waals surface area contributed by atoms with Crippen molar-refractivity contribution in [1.82, 2.24) is 0 Å². The SMILES string of the molecule is CC(C)(C)OC(=O)CS(=O)(=O)c1ccc(F)c(Br)c1. The summed E-state index contributed by atoms with van der Waals surface area (Å²) in [6.45, 7) is 4.93. The van der Waals surface area contributed by atoms with Crippen molar-refractivity contribution in [3.8, 4) is 0 Å². The van der Waals surface area contributed by atoms with Gasteiger partial charge in [0.25, 0.3) is 0 Å². The Bertz CT molecular complexity index is 590. The Morgan fingerprint density at radius 3 is 2.42 bits per heavy atom. The van der Waals surface area contributed by atoms with Gasteiger partial charge in [-0.3, -0.25) is 4.79 Å². The first-order valence-electron chi connectivity index (χ1n) is 5.41. The molecule has 0 atom stereocenters. The van der Waals surface area contributed by atoms with Gasteiger partial charge in [-0.1, -0.05) is 0 Å². The first kappa shape index (κ1) is 16.1. The lowest BCUT2D eigenvalue weighted by molar-refractivity contribution is -0.151. The van der Waals surface area contributed by atoms with Crippen LogP contribution in [0.3, 0.4) is 0 Å². The fourth-order valence-electron chi connectivity index (χ4n) is 1.28. The van der Waals surface area contributed by atoms with Crippen molar-refractivity contribution < 1.29 is 22.3 Å². The Balaban J connectivity index is 2.93. The van der Waals surface area contributed by atoms with E-state index in [1.807, 2.05) is 0 Å². The van der Waals surface area contributed by atoms with Gasteiger partial charge in [-0.05, 0) is 54.9 Å². The number of esters is 1. The lowest BCUT2D eigenvalue weighted by Gasteiger charge is -2.19. The summed E-state index contributed by atoms with van der Waals surface area (Å²) < 4.78 is 41.9. The van der Waals surface area contributed by atoms with Crippen LogP contribution in [-0.4, -0.2) is 25.7 Å². The van der Waals surface area contributed by atoms with E-state index < -0.39 is 33.0 Å². The molecule has 1 rings (SSSR count). The monoisotopic (exact) mass is 352 g/mol. The van der Waals surface area contributed by atoms with Gasteiger partial charge in [0.1, 0.15) is 11.4 Å². The second-order valence-electron chi connectivity index (χ2n) is 4.92. The van der Waals surface area contributed by atoms with Crippen molar-refractivity contribution in [1.29, 1.82) is 0 Å². The molecule has 0 amide bonds.